The number of alkyl carbamates (subject to hydrolysis) is 1. The van der Waals surface area contributed by atoms with Crippen LogP contribution in [0.4, 0.5) is 4.79 Å². The third-order valence-corrected chi connectivity index (χ3v) is 3.62. The first kappa shape index (κ1) is 17.5. The summed E-state index contributed by atoms with van der Waals surface area (Å²) < 4.78 is 5.23. The molecule has 0 radical (unpaired) electrons. The fourth-order valence-electron chi connectivity index (χ4n) is 2.24. The maximum absolute atomic E-state index is 11.8. The molecule has 124 valence electrons. The summed E-state index contributed by atoms with van der Waals surface area (Å²) in [5.41, 5.74) is 6.97. The van der Waals surface area contributed by atoms with E-state index in [-0.39, 0.29) is 5.92 Å². The van der Waals surface area contributed by atoms with Crippen LogP contribution >= 0.6 is 11.6 Å². The van der Waals surface area contributed by atoms with Gasteiger partial charge in [-0.25, -0.2) is 9.78 Å². The Morgan fingerprint density at radius 2 is 2.09 bits per heavy atom. The monoisotopic (exact) mass is 335 g/mol. The smallest absolute Gasteiger partial charge is 0.407 e. The molecule has 0 spiro atoms. The number of carbonyl (C=O) groups excluding carboxylic acids is 1. The van der Waals surface area contributed by atoms with E-state index in [1.165, 1.54) is 0 Å². The van der Waals surface area contributed by atoms with Crippen molar-refractivity contribution < 1.29 is 9.53 Å². The molecule has 2 rings (SSSR count). The van der Waals surface area contributed by atoms with E-state index >= 15 is 0 Å². The van der Waals surface area contributed by atoms with Crippen molar-refractivity contribution in [3.63, 3.8) is 0 Å². The van der Waals surface area contributed by atoms with Crippen LogP contribution in [0.3, 0.4) is 0 Å². The maximum atomic E-state index is 11.8. The second-order valence-electron chi connectivity index (χ2n) is 6.38. The van der Waals surface area contributed by atoms with Crippen LogP contribution in [0.2, 0.25) is 5.15 Å². The van der Waals surface area contributed by atoms with Crippen molar-refractivity contribution >= 4 is 28.6 Å². The molecule has 0 saturated carbocycles. The van der Waals surface area contributed by atoms with E-state index in [0.717, 1.165) is 16.5 Å². The largest absolute Gasteiger partial charge is 0.444 e. The lowest BCUT2D eigenvalue weighted by Crippen LogP contribution is -2.36. The lowest BCUT2D eigenvalue weighted by Gasteiger charge is -2.22. The zero-order valence-electron chi connectivity index (χ0n) is 13.6. The van der Waals surface area contributed by atoms with E-state index in [1.807, 2.05) is 51.1 Å². The summed E-state index contributed by atoms with van der Waals surface area (Å²) in [6.07, 6.45) is -0.471. The Bertz CT molecular complexity index is 698. The van der Waals surface area contributed by atoms with Crippen LogP contribution in [-0.4, -0.2) is 29.8 Å². The molecule has 0 aliphatic rings. The maximum Gasteiger partial charge on any atom is 0.407 e. The van der Waals surface area contributed by atoms with Crippen molar-refractivity contribution in [3.8, 4) is 0 Å². The molecule has 3 N–H and O–H groups in total. The van der Waals surface area contributed by atoms with E-state index in [2.05, 4.69) is 10.3 Å². The molecular formula is C17H22ClN3O2. The van der Waals surface area contributed by atoms with Crippen molar-refractivity contribution in [1.82, 2.24) is 10.3 Å². The number of amides is 1. The topological polar surface area (TPSA) is 77.2 Å². The van der Waals surface area contributed by atoms with Crippen LogP contribution in [0, 0.1) is 0 Å². The predicted molar refractivity (Wildman–Crippen MR) is 92.8 cm³/mol. The van der Waals surface area contributed by atoms with E-state index in [0.29, 0.717) is 18.2 Å². The molecule has 1 aromatic carbocycles. The van der Waals surface area contributed by atoms with Gasteiger partial charge < -0.3 is 15.8 Å². The number of para-hydroxylation sites is 1. The molecule has 0 aliphatic heterocycles. The molecule has 0 fully saturated rings. The molecule has 6 heteroatoms. The molecule has 1 aromatic heterocycles. The second-order valence-corrected chi connectivity index (χ2v) is 6.73. The van der Waals surface area contributed by atoms with E-state index in [9.17, 15) is 4.79 Å². The third kappa shape index (κ3) is 4.81. The number of hydrogen-bond donors (Lipinski definition) is 2. The Kier molecular flexibility index (Phi) is 5.44. The minimum absolute atomic E-state index is 0.132. The average Bonchev–Trinajstić information content (AvgIpc) is 2.46. The summed E-state index contributed by atoms with van der Waals surface area (Å²) in [6.45, 7) is 6.13. The number of hydrogen-bond acceptors (Lipinski definition) is 4. The highest BCUT2D eigenvalue weighted by molar-refractivity contribution is 6.30. The summed E-state index contributed by atoms with van der Waals surface area (Å²) in [4.78, 5) is 16.2. The number of benzene rings is 1. The van der Waals surface area contributed by atoms with Gasteiger partial charge in [-0.1, -0.05) is 29.8 Å². The van der Waals surface area contributed by atoms with Crippen molar-refractivity contribution in [2.24, 2.45) is 5.73 Å². The van der Waals surface area contributed by atoms with Crippen LogP contribution in [0.25, 0.3) is 10.9 Å². The van der Waals surface area contributed by atoms with Gasteiger partial charge in [-0.2, -0.15) is 0 Å². The van der Waals surface area contributed by atoms with E-state index in [4.69, 9.17) is 22.1 Å². The number of aromatic nitrogens is 1. The highest BCUT2D eigenvalue weighted by atomic mass is 35.5. The second kappa shape index (κ2) is 7.15. The summed E-state index contributed by atoms with van der Waals surface area (Å²) in [7, 11) is 0. The number of nitrogens with one attached hydrogen (secondary N) is 1. The molecule has 2 aromatic rings. The SMILES string of the molecule is CC(C)(C)OC(=O)NCC(CN)c1cc2ccccc2nc1Cl. The molecule has 0 aliphatic carbocycles. The van der Waals surface area contributed by atoms with Crippen molar-refractivity contribution in [2.45, 2.75) is 32.3 Å². The fourth-order valence-corrected chi connectivity index (χ4v) is 2.54. The van der Waals surface area contributed by atoms with E-state index < -0.39 is 11.7 Å². The van der Waals surface area contributed by atoms with Crippen LogP contribution in [0.1, 0.15) is 32.3 Å². The molecule has 1 amide bonds. The lowest BCUT2D eigenvalue weighted by molar-refractivity contribution is 0.0525. The standard InChI is InChI=1S/C17H22ClN3O2/c1-17(2,3)23-16(22)20-10-12(9-19)13-8-11-6-4-5-7-14(11)21-15(13)18/h4-8,12H,9-10,19H2,1-3H3,(H,20,22). The van der Waals surface area contributed by atoms with Gasteiger partial charge in [0.05, 0.1) is 5.52 Å². The normalized spacial score (nSPS) is 12.9. The Hall–Kier alpha value is -1.85. The molecule has 1 unspecified atom stereocenters. The van der Waals surface area contributed by atoms with Crippen LogP contribution in [-0.2, 0) is 4.74 Å². The van der Waals surface area contributed by atoms with Crippen molar-refractivity contribution in [2.75, 3.05) is 13.1 Å². The van der Waals surface area contributed by atoms with Gasteiger partial charge in [-0.05, 0) is 38.5 Å². The minimum atomic E-state index is -0.537. The van der Waals surface area contributed by atoms with Gasteiger partial charge in [-0.3, -0.25) is 0 Å². The highest BCUT2D eigenvalue weighted by Crippen LogP contribution is 2.26. The molecule has 0 bridgehead atoms. The summed E-state index contributed by atoms with van der Waals surface area (Å²) in [6, 6.07) is 9.70. The number of rotatable bonds is 4. The van der Waals surface area contributed by atoms with Crippen LogP contribution < -0.4 is 11.1 Å². The molecule has 23 heavy (non-hydrogen) atoms. The van der Waals surface area contributed by atoms with E-state index in [1.54, 1.807) is 0 Å². The molecule has 5 nitrogen and oxygen atoms in total. The molecule has 1 atom stereocenters. The van der Waals surface area contributed by atoms with Crippen LogP contribution in [0.15, 0.2) is 30.3 Å². The number of fused-ring (bicyclic) bond motifs is 1. The average molecular weight is 336 g/mol. The number of nitrogens with zero attached hydrogens (tertiary/aromatic N) is 1. The minimum Gasteiger partial charge on any atom is -0.444 e. The first-order valence-electron chi connectivity index (χ1n) is 7.52. The van der Waals surface area contributed by atoms with Gasteiger partial charge in [0.2, 0.25) is 0 Å². The Morgan fingerprint density at radius 1 is 1.39 bits per heavy atom. The molecular weight excluding hydrogens is 314 g/mol. The zero-order valence-corrected chi connectivity index (χ0v) is 14.4. The number of carbonyl (C=O) groups is 1. The van der Waals surface area contributed by atoms with Gasteiger partial charge in [0.1, 0.15) is 10.8 Å². The Morgan fingerprint density at radius 3 is 2.74 bits per heavy atom. The lowest BCUT2D eigenvalue weighted by atomic mass is 9.99. The quantitative estimate of drug-likeness (QED) is 0.839. The van der Waals surface area contributed by atoms with Gasteiger partial charge in [-0.15, -0.1) is 0 Å². The van der Waals surface area contributed by atoms with Crippen molar-refractivity contribution in [1.29, 1.82) is 0 Å². The highest BCUT2D eigenvalue weighted by Gasteiger charge is 2.19. The number of pyridine rings is 1. The van der Waals surface area contributed by atoms with Crippen molar-refractivity contribution in [3.05, 3.63) is 41.0 Å². The Balaban J connectivity index is 2.14. The zero-order chi connectivity index (χ0) is 17.0. The third-order valence-electron chi connectivity index (χ3n) is 3.32. The fraction of sp³-hybridized carbons (Fsp3) is 0.412. The van der Waals surface area contributed by atoms with Gasteiger partial charge in [0, 0.05) is 24.4 Å². The summed E-state index contributed by atoms with van der Waals surface area (Å²) >= 11 is 6.29. The number of halogens is 1. The molecule has 0 saturated heterocycles. The summed E-state index contributed by atoms with van der Waals surface area (Å²) in [5.74, 6) is -0.132. The molecule has 1 heterocycles. The van der Waals surface area contributed by atoms with Gasteiger partial charge in [0.15, 0.2) is 0 Å². The van der Waals surface area contributed by atoms with Gasteiger partial charge >= 0.3 is 6.09 Å². The summed E-state index contributed by atoms with van der Waals surface area (Å²) in [5, 5.41) is 4.13. The first-order valence-corrected chi connectivity index (χ1v) is 7.90. The predicted octanol–water partition coefficient (Wildman–Crippen LogP) is 3.46. The number of nitrogens with two attached hydrogens (primary N) is 1. The van der Waals surface area contributed by atoms with Crippen LogP contribution in [0.5, 0.6) is 0 Å². The Labute approximate surface area is 141 Å². The number of ether oxygens (including phenoxy) is 1. The first-order chi connectivity index (χ1) is 10.8. The van der Waals surface area contributed by atoms with Gasteiger partial charge in [0.25, 0.3) is 0 Å².